The Morgan fingerprint density at radius 1 is 1.77 bits per heavy atom. The highest BCUT2D eigenvalue weighted by Crippen LogP contribution is 2.18. The van der Waals surface area contributed by atoms with Crippen molar-refractivity contribution in [3.63, 3.8) is 0 Å². The summed E-state index contributed by atoms with van der Waals surface area (Å²) in [7, 11) is 0. The van der Waals surface area contributed by atoms with Gasteiger partial charge >= 0.3 is 5.97 Å². The van der Waals surface area contributed by atoms with Crippen LogP contribution >= 0.6 is 11.6 Å². The number of halogens is 1. The van der Waals surface area contributed by atoms with Crippen molar-refractivity contribution in [3.8, 4) is 0 Å². The van der Waals surface area contributed by atoms with Gasteiger partial charge in [0.05, 0.1) is 5.69 Å². The number of aromatic nitrogens is 1. The fourth-order valence-electron chi connectivity index (χ4n) is 0.937. The topological polar surface area (TPSA) is 62.2 Å². The molecule has 0 radical (unpaired) electrons. The zero-order valence-electron chi connectivity index (χ0n) is 7.04. The molecule has 1 heterocycles. The first-order valence-corrected chi connectivity index (χ1v) is 4.15. The number of hydrogen-bond donors (Lipinski definition) is 2. The van der Waals surface area contributed by atoms with Gasteiger partial charge in [-0.05, 0) is 13.0 Å². The van der Waals surface area contributed by atoms with Crippen LogP contribution in [0.15, 0.2) is 12.3 Å². The first kappa shape index (κ1) is 9.80. The summed E-state index contributed by atoms with van der Waals surface area (Å²) in [5.74, 6) is -1.01. The molecule has 4 nitrogen and oxygen atoms in total. The largest absolute Gasteiger partial charge is 0.478 e. The molecule has 0 saturated heterocycles. The molecule has 13 heavy (non-hydrogen) atoms. The van der Waals surface area contributed by atoms with Crippen LogP contribution in [-0.2, 0) is 0 Å². The molecule has 0 aliphatic heterocycles. The van der Waals surface area contributed by atoms with Crippen molar-refractivity contribution >= 4 is 23.3 Å². The maximum Gasteiger partial charge on any atom is 0.339 e. The summed E-state index contributed by atoms with van der Waals surface area (Å²) in [6, 6.07) is 1.49. The molecule has 0 spiro atoms. The number of anilines is 1. The van der Waals surface area contributed by atoms with Gasteiger partial charge in [-0.25, -0.2) is 9.78 Å². The molecule has 0 atom stereocenters. The van der Waals surface area contributed by atoms with E-state index in [9.17, 15) is 4.79 Å². The minimum Gasteiger partial charge on any atom is -0.478 e. The van der Waals surface area contributed by atoms with Gasteiger partial charge in [0.25, 0.3) is 0 Å². The van der Waals surface area contributed by atoms with E-state index in [1.165, 1.54) is 12.3 Å². The Hall–Kier alpha value is -1.29. The van der Waals surface area contributed by atoms with Crippen LogP contribution in [0.4, 0.5) is 5.69 Å². The third-order valence-electron chi connectivity index (χ3n) is 1.47. The molecule has 70 valence electrons. The van der Waals surface area contributed by atoms with Crippen molar-refractivity contribution in [3.05, 3.63) is 23.0 Å². The average Bonchev–Trinajstić information content (AvgIpc) is 2.04. The molecule has 1 rings (SSSR count). The maximum absolute atomic E-state index is 10.7. The first-order chi connectivity index (χ1) is 6.15. The number of nitrogens with zero attached hydrogens (tertiary/aromatic N) is 1. The SMILES string of the molecule is CCNc1cc(Cl)ncc1C(=O)O. The quantitative estimate of drug-likeness (QED) is 0.732. The predicted octanol–water partition coefficient (Wildman–Crippen LogP) is 1.86. The monoisotopic (exact) mass is 200 g/mol. The van der Waals surface area contributed by atoms with Gasteiger partial charge in [0.2, 0.25) is 0 Å². The summed E-state index contributed by atoms with van der Waals surface area (Å²) in [6.45, 7) is 2.51. The molecule has 0 amide bonds. The van der Waals surface area contributed by atoms with E-state index < -0.39 is 5.97 Å². The fourth-order valence-corrected chi connectivity index (χ4v) is 1.09. The number of rotatable bonds is 3. The second kappa shape index (κ2) is 4.09. The summed E-state index contributed by atoms with van der Waals surface area (Å²) < 4.78 is 0. The van der Waals surface area contributed by atoms with Crippen molar-refractivity contribution in [2.45, 2.75) is 6.92 Å². The van der Waals surface area contributed by atoms with Crippen molar-refractivity contribution < 1.29 is 9.90 Å². The number of pyridine rings is 1. The van der Waals surface area contributed by atoms with E-state index in [1.54, 1.807) is 0 Å². The molecule has 5 heteroatoms. The molecule has 0 aromatic carbocycles. The van der Waals surface area contributed by atoms with Crippen molar-refractivity contribution in [2.75, 3.05) is 11.9 Å². The summed E-state index contributed by atoms with van der Waals surface area (Å²) in [5.41, 5.74) is 0.626. The van der Waals surface area contributed by atoms with E-state index in [0.29, 0.717) is 12.2 Å². The van der Waals surface area contributed by atoms with E-state index in [1.807, 2.05) is 6.92 Å². The Bertz CT molecular complexity index is 328. The van der Waals surface area contributed by atoms with Crippen LogP contribution in [0.25, 0.3) is 0 Å². The van der Waals surface area contributed by atoms with Gasteiger partial charge in [0, 0.05) is 12.7 Å². The van der Waals surface area contributed by atoms with Gasteiger partial charge in [-0.2, -0.15) is 0 Å². The number of carboxylic acid groups (broad SMARTS) is 1. The van der Waals surface area contributed by atoms with E-state index >= 15 is 0 Å². The molecule has 0 aliphatic rings. The second-order valence-electron chi connectivity index (χ2n) is 2.39. The zero-order valence-corrected chi connectivity index (χ0v) is 7.80. The fraction of sp³-hybridized carbons (Fsp3) is 0.250. The highest BCUT2D eigenvalue weighted by Gasteiger charge is 2.09. The lowest BCUT2D eigenvalue weighted by atomic mass is 10.2. The van der Waals surface area contributed by atoms with Gasteiger partial charge in [-0.3, -0.25) is 0 Å². The molecular weight excluding hydrogens is 192 g/mol. The number of hydrogen-bond acceptors (Lipinski definition) is 3. The van der Waals surface area contributed by atoms with Crippen LogP contribution in [0.5, 0.6) is 0 Å². The Morgan fingerprint density at radius 2 is 2.46 bits per heavy atom. The minimum absolute atomic E-state index is 0.131. The molecule has 0 aliphatic carbocycles. The Kier molecular flexibility index (Phi) is 3.08. The molecule has 0 saturated carbocycles. The smallest absolute Gasteiger partial charge is 0.339 e. The predicted molar refractivity (Wildman–Crippen MR) is 50.4 cm³/mol. The zero-order chi connectivity index (χ0) is 9.84. The standard InChI is InChI=1S/C8H9ClN2O2/c1-2-10-6-3-7(9)11-4-5(6)8(12)13/h3-4H,2H2,1H3,(H,10,11)(H,12,13). The molecule has 0 bridgehead atoms. The third kappa shape index (κ3) is 2.32. The van der Waals surface area contributed by atoms with Gasteiger partial charge in [0.1, 0.15) is 10.7 Å². The van der Waals surface area contributed by atoms with Crippen molar-refractivity contribution in [1.82, 2.24) is 4.98 Å². The number of carbonyl (C=O) groups is 1. The molecule has 0 unspecified atom stereocenters. The van der Waals surface area contributed by atoms with Gasteiger partial charge in [0.15, 0.2) is 0 Å². The van der Waals surface area contributed by atoms with Gasteiger partial charge in [-0.1, -0.05) is 11.6 Å². The van der Waals surface area contributed by atoms with Crippen molar-refractivity contribution in [2.24, 2.45) is 0 Å². The Balaban J connectivity index is 3.10. The second-order valence-corrected chi connectivity index (χ2v) is 2.78. The molecule has 2 N–H and O–H groups in total. The van der Waals surface area contributed by atoms with Crippen LogP contribution in [0, 0.1) is 0 Å². The van der Waals surface area contributed by atoms with E-state index in [2.05, 4.69) is 10.3 Å². The lowest BCUT2D eigenvalue weighted by molar-refractivity contribution is 0.0697. The van der Waals surface area contributed by atoms with Crippen molar-refractivity contribution in [1.29, 1.82) is 0 Å². The number of nitrogens with one attached hydrogen (secondary N) is 1. The molecule has 1 aromatic rings. The highest BCUT2D eigenvalue weighted by molar-refractivity contribution is 6.29. The average molecular weight is 201 g/mol. The lowest BCUT2D eigenvalue weighted by Crippen LogP contribution is -2.06. The Morgan fingerprint density at radius 3 is 3.00 bits per heavy atom. The van der Waals surface area contributed by atoms with Gasteiger partial charge in [-0.15, -0.1) is 0 Å². The van der Waals surface area contributed by atoms with E-state index in [0.717, 1.165) is 0 Å². The Labute approximate surface area is 80.6 Å². The van der Waals surface area contributed by atoms with Crippen LogP contribution in [0.2, 0.25) is 5.15 Å². The summed E-state index contributed by atoms with van der Waals surface area (Å²) in [5, 5.41) is 11.9. The van der Waals surface area contributed by atoms with E-state index in [-0.39, 0.29) is 10.7 Å². The van der Waals surface area contributed by atoms with Crippen LogP contribution < -0.4 is 5.32 Å². The highest BCUT2D eigenvalue weighted by atomic mass is 35.5. The summed E-state index contributed by atoms with van der Waals surface area (Å²) in [4.78, 5) is 14.4. The minimum atomic E-state index is -1.01. The number of carboxylic acids is 1. The lowest BCUT2D eigenvalue weighted by Gasteiger charge is -2.06. The number of aromatic carboxylic acids is 1. The molecular formula is C8H9ClN2O2. The van der Waals surface area contributed by atoms with Crippen LogP contribution in [0.1, 0.15) is 17.3 Å². The normalized spacial score (nSPS) is 9.69. The summed E-state index contributed by atoms with van der Waals surface area (Å²) >= 11 is 5.61. The summed E-state index contributed by atoms with van der Waals surface area (Å²) in [6.07, 6.45) is 1.24. The third-order valence-corrected chi connectivity index (χ3v) is 1.67. The molecule has 0 fully saturated rings. The first-order valence-electron chi connectivity index (χ1n) is 3.78. The van der Waals surface area contributed by atoms with Crippen LogP contribution in [-0.4, -0.2) is 22.6 Å². The van der Waals surface area contributed by atoms with Gasteiger partial charge < -0.3 is 10.4 Å². The molecule has 1 aromatic heterocycles. The van der Waals surface area contributed by atoms with Crippen LogP contribution in [0.3, 0.4) is 0 Å². The van der Waals surface area contributed by atoms with E-state index in [4.69, 9.17) is 16.7 Å². The maximum atomic E-state index is 10.7.